The molecular formula is C12H16ClNO2. The Morgan fingerprint density at radius 1 is 1.56 bits per heavy atom. The maximum Gasteiger partial charge on any atom is 0.142 e. The minimum absolute atomic E-state index is 0.106. The second-order valence-electron chi connectivity index (χ2n) is 4.09. The maximum atomic E-state index is 9.12. The number of rotatable bonds is 3. The molecule has 3 nitrogen and oxygen atoms in total. The number of benzene rings is 1. The molecule has 88 valence electrons. The number of hydrogen-bond acceptors (Lipinski definition) is 3. The fourth-order valence-corrected chi connectivity index (χ4v) is 2.68. The van der Waals surface area contributed by atoms with Gasteiger partial charge in [-0.2, -0.15) is 0 Å². The van der Waals surface area contributed by atoms with Crippen LogP contribution in [0.1, 0.15) is 29.2 Å². The number of methoxy groups -OCH3 is 1. The SMILES string of the molecule is COc1c(C(N)CO)cc2c(c1Cl)CCC2. The zero-order valence-electron chi connectivity index (χ0n) is 9.29. The summed E-state index contributed by atoms with van der Waals surface area (Å²) >= 11 is 6.30. The van der Waals surface area contributed by atoms with Crippen molar-refractivity contribution in [1.29, 1.82) is 0 Å². The summed E-state index contributed by atoms with van der Waals surface area (Å²) in [4.78, 5) is 0. The Hall–Kier alpha value is -0.770. The molecule has 0 aliphatic heterocycles. The Bertz CT molecular complexity index is 406. The van der Waals surface area contributed by atoms with Crippen molar-refractivity contribution in [2.75, 3.05) is 13.7 Å². The molecular weight excluding hydrogens is 226 g/mol. The second kappa shape index (κ2) is 4.62. The molecule has 0 amide bonds. The van der Waals surface area contributed by atoms with Crippen LogP contribution >= 0.6 is 11.6 Å². The van der Waals surface area contributed by atoms with Crippen molar-refractivity contribution < 1.29 is 9.84 Å². The Kier molecular flexibility index (Phi) is 3.38. The highest BCUT2D eigenvalue weighted by Gasteiger charge is 2.23. The van der Waals surface area contributed by atoms with Crippen molar-refractivity contribution in [2.45, 2.75) is 25.3 Å². The monoisotopic (exact) mass is 241 g/mol. The molecule has 1 aliphatic rings. The highest BCUT2D eigenvalue weighted by Crippen LogP contribution is 2.40. The summed E-state index contributed by atoms with van der Waals surface area (Å²) in [6.07, 6.45) is 3.15. The summed E-state index contributed by atoms with van der Waals surface area (Å²) < 4.78 is 5.30. The molecule has 0 fully saturated rings. The molecule has 0 aromatic heterocycles. The van der Waals surface area contributed by atoms with Crippen LogP contribution in [0.3, 0.4) is 0 Å². The van der Waals surface area contributed by atoms with E-state index in [1.165, 1.54) is 11.1 Å². The van der Waals surface area contributed by atoms with Crippen LogP contribution in [0.2, 0.25) is 5.02 Å². The van der Waals surface area contributed by atoms with Gasteiger partial charge in [0.05, 0.1) is 24.8 Å². The van der Waals surface area contributed by atoms with E-state index in [9.17, 15) is 0 Å². The molecule has 1 aliphatic carbocycles. The lowest BCUT2D eigenvalue weighted by atomic mass is 10.0. The van der Waals surface area contributed by atoms with Gasteiger partial charge in [-0.15, -0.1) is 0 Å². The molecule has 4 heteroatoms. The van der Waals surface area contributed by atoms with Crippen molar-refractivity contribution >= 4 is 11.6 Å². The molecule has 3 N–H and O–H groups in total. The Balaban J connectivity index is 2.56. The predicted octanol–water partition coefficient (Wildman–Crippen LogP) is 1.83. The van der Waals surface area contributed by atoms with Gasteiger partial charge in [-0.1, -0.05) is 17.7 Å². The first kappa shape index (κ1) is 11.7. The smallest absolute Gasteiger partial charge is 0.142 e. The van der Waals surface area contributed by atoms with Gasteiger partial charge in [0.2, 0.25) is 0 Å². The summed E-state index contributed by atoms with van der Waals surface area (Å²) in [5.41, 5.74) is 9.06. The summed E-state index contributed by atoms with van der Waals surface area (Å²) in [7, 11) is 1.58. The third-order valence-electron chi connectivity index (χ3n) is 3.12. The highest BCUT2D eigenvalue weighted by atomic mass is 35.5. The third kappa shape index (κ3) is 1.79. The molecule has 1 unspecified atom stereocenters. The molecule has 0 spiro atoms. The van der Waals surface area contributed by atoms with E-state index in [1.54, 1.807) is 7.11 Å². The van der Waals surface area contributed by atoms with Crippen molar-refractivity contribution in [2.24, 2.45) is 5.73 Å². The topological polar surface area (TPSA) is 55.5 Å². The Morgan fingerprint density at radius 3 is 2.94 bits per heavy atom. The first-order chi connectivity index (χ1) is 7.69. The summed E-state index contributed by atoms with van der Waals surface area (Å²) in [6, 6.07) is 1.59. The van der Waals surface area contributed by atoms with E-state index in [1.807, 2.05) is 6.07 Å². The fourth-order valence-electron chi connectivity index (χ4n) is 2.28. The van der Waals surface area contributed by atoms with Crippen LogP contribution in [0.15, 0.2) is 6.07 Å². The molecule has 0 bridgehead atoms. The van der Waals surface area contributed by atoms with Gasteiger partial charge in [0, 0.05) is 5.56 Å². The molecule has 1 aromatic rings. The predicted molar refractivity (Wildman–Crippen MR) is 64.0 cm³/mol. The van der Waals surface area contributed by atoms with Crippen LogP contribution in [0.5, 0.6) is 5.75 Å². The van der Waals surface area contributed by atoms with E-state index in [0.717, 1.165) is 24.8 Å². The van der Waals surface area contributed by atoms with E-state index >= 15 is 0 Å². The Morgan fingerprint density at radius 2 is 2.31 bits per heavy atom. The van der Waals surface area contributed by atoms with E-state index < -0.39 is 6.04 Å². The number of fused-ring (bicyclic) bond motifs is 1. The first-order valence-corrected chi connectivity index (χ1v) is 5.81. The molecule has 1 atom stereocenters. The van der Waals surface area contributed by atoms with Gasteiger partial charge < -0.3 is 15.6 Å². The number of halogens is 1. The fraction of sp³-hybridized carbons (Fsp3) is 0.500. The summed E-state index contributed by atoms with van der Waals surface area (Å²) in [5.74, 6) is 0.615. The van der Waals surface area contributed by atoms with Crippen LogP contribution in [-0.4, -0.2) is 18.8 Å². The lowest BCUT2D eigenvalue weighted by Gasteiger charge is -2.17. The number of aryl methyl sites for hydroxylation is 1. The van der Waals surface area contributed by atoms with Crippen LogP contribution in [0, 0.1) is 0 Å². The largest absolute Gasteiger partial charge is 0.495 e. The van der Waals surface area contributed by atoms with Crippen molar-refractivity contribution in [3.63, 3.8) is 0 Å². The molecule has 0 heterocycles. The average molecular weight is 242 g/mol. The van der Waals surface area contributed by atoms with Gasteiger partial charge in [-0.05, 0) is 30.4 Å². The number of hydrogen-bond donors (Lipinski definition) is 2. The van der Waals surface area contributed by atoms with Gasteiger partial charge in [0.1, 0.15) is 5.75 Å². The summed E-state index contributed by atoms with van der Waals surface area (Å²) in [5, 5.41) is 9.79. The molecule has 0 radical (unpaired) electrons. The highest BCUT2D eigenvalue weighted by molar-refractivity contribution is 6.33. The van der Waals surface area contributed by atoms with Crippen molar-refractivity contribution in [3.8, 4) is 5.75 Å². The van der Waals surface area contributed by atoms with E-state index in [0.29, 0.717) is 10.8 Å². The number of aliphatic hydroxyl groups is 1. The number of aliphatic hydroxyl groups excluding tert-OH is 1. The van der Waals surface area contributed by atoms with Gasteiger partial charge >= 0.3 is 0 Å². The van der Waals surface area contributed by atoms with Crippen LogP contribution in [0.4, 0.5) is 0 Å². The minimum Gasteiger partial charge on any atom is -0.495 e. The van der Waals surface area contributed by atoms with E-state index in [2.05, 4.69) is 0 Å². The van der Waals surface area contributed by atoms with Crippen LogP contribution < -0.4 is 10.5 Å². The van der Waals surface area contributed by atoms with Crippen molar-refractivity contribution in [1.82, 2.24) is 0 Å². The zero-order chi connectivity index (χ0) is 11.7. The van der Waals surface area contributed by atoms with Crippen molar-refractivity contribution in [3.05, 3.63) is 27.8 Å². The normalized spacial score (nSPS) is 16.0. The summed E-state index contributed by atoms with van der Waals surface area (Å²) in [6.45, 7) is -0.106. The van der Waals surface area contributed by atoms with E-state index in [4.69, 9.17) is 27.2 Å². The molecule has 0 saturated heterocycles. The molecule has 1 aromatic carbocycles. The third-order valence-corrected chi connectivity index (χ3v) is 3.52. The number of nitrogens with two attached hydrogens (primary N) is 1. The molecule has 0 saturated carbocycles. The second-order valence-corrected chi connectivity index (χ2v) is 4.47. The average Bonchev–Trinajstić information content (AvgIpc) is 2.76. The zero-order valence-corrected chi connectivity index (χ0v) is 10.0. The molecule has 2 rings (SSSR count). The van der Waals surface area contributed by atoms with E-state index in [-0.39, 0.29) is 6.61 Å². The quantitative estimate of drug-likeness (QED) is 0.849. The van der Waals surface area contributed by atoms with Gasteiger partial charge in [0.15, 0.2) is 0 Å². The van der Waals surface area contributed by atoms with Gasteiger partial charge in [-0.3, -0.25) is 0 Å². The van der Waals surface area contributed by atoms with Crippen LogP contribution in [0.25, 0.3) is 0 Å². The lowest BCUT2D eigenvalue weighted by molar-refractivity contribution is 0.264. The minimum atomic E-state index is -0.432. The van der Waals surface area contributed by atoms with Gasteiger partial charge in [-0.25, -0.2) is 0 Å². The Labute approximate surface area is 100 Å². The van der Waals surface area contributed by atoms with Crippen LogP contribution in [-0.2, 0) is 12.8 Å². The maximum absolute atomic E-state index is 9.12. The van der Waals surface area contributed by atoms with Gasteiger partial charge in [0.25, 0.3) is 0 Å². The first-order valence-electron chi connectivity index (χ1n) is 5.43. The standard InChI is InChI=1S/C12H16ClNO2/c1-16-12-9(10(14)6-15)5-7-3-2-4-8(7)11(12)13/h5,10,15H,2-4,6,14H2,1H3. The lowest BCUT2D eigenvalue weighted by Crippen LogP contribution is -2.16. The molecule has 16 heavy (non-hydrogen) atoms. The number of ether oxygens (including phenoxy) is 1.